The van der Waals surface area contributed by atoms with Crippen LogP contribution in [0.1, 0.15) is 0 Å². The van der Waals surface area contributed by atoms with Crippen molar-refractivity contribution in [3.63, 3.8) is 0 Å². The molecule has 0 aliphatic carbocycles. The Labute approximate surface area is 259 Å². The van der Waals surface area contributed by atoms with Crippen LogP contribution in [0.2, 0.25) is 0 Å². The fourth-order valence-corrected chi connectivity index (χ4v) is 6.36. The maximum absolute atomic E-state index is 6.33. The van der Waals surface area contributed by atoms with E-state index in [0.29, 0.717) is 5.89 Å². The Morgan fingerprint density at radius 2 is 1.04 bits per heavy atom. The van der Waals surface area contributed by atoms with Crippen LogP contribution in [0.4, 0.5) is 17.1 Å². The van der Waals surface area contributed by atoms with Crippen LogP contribution in [-0.4, -0.2) is 4.98 Å². The molecule has 0 bridgehead atoms. The molecule has 4 heteroatoms. The summed E-state index contributed by atoms with van der Waals surface area (Å²) in [6.45, 7) is 0. The normalized spacial score (nSPS) is 11.6. The molecule has 0 N–H and O–H groups in total. The van der Waals surface area contributed by atoms with E-state index in [1.807, 2.05) is 48.5 Å². The number of anilines is 3. The van der Waals surface area contributed by atoms with Crippen LogP contribution in [0.15, 0.2) is 167 Å². The van der Waals surface area contributed by atoms with Crippen LogP contribution in [-0.2, 0) is 0 Å². The van der Waals surface area contributed by atoms with Gasteiger partial charge in [-0.05, 0) is 77.2 Å². The van der Waals surface area contributed by atoms with E-state index in [4.69, 9.17) is 13.8 Å². The van der Waals surface area contributed by atoms with Gasteiger partial charge < -0.3 is 13.7 Å². The van der Waals surface area contributed by atoms with Crippen molar-refractivity contribution in [1.82, 2.24) is 4.98 Å². The zero-order chi connectivity index (χ0) is 29.7. The second-order valence-electron chi connectivity index (χ2n) is 11.2. The molecule has 0 unspecified atom stereocenters. The van der Waals surface area contributed by atoms with Crippen molar-refractivity contribution < 1.29 is 8.83 Å². The second-order valence-corrected chi connectivity index (χ2v) is 11.2. The molecular weight excluding hydrogens is 552 g/mol. The van der Waals surface area contributed by atoms with Crippen molar-refractivity contribution in [1.29, 1.82) is 0 Å². The minimum atomic E-state index is 0.628. The molecule has 2 aromatic heterocycles. The van der Waals surface area contributed by atoms with E-state index in [9.17, 15) is 0 Å². The molecule has 0 saturated heterocycles. The summed E-state index contributed by atoms with van der Waals surface area (Å²) in [5.74, 6) is 0.628. The number of hydrogen-bond acceptors (Lipinski definition) is 4. The summed E-state index contributed by atoms with van der Waals surface area (Å²) in [7, 11) is 0. The van der Waals surface area contributed by atoms with E-state index >= 15 is 0 Å². The summed E-state index contributed by atoms with van der Waals surface area (Å²) >= 11 is 0. The summed E-state index contributed by atoms with van der Waals surface area (Å²) in [4.78, 5) is 7.17. The topological polar surface area (TPSA) is 42.4 Å². The van der Waals surface area contributed by atoms with E-state index in [1.165, 1.54) is 0 Å². The highest BCUT2D eigenvalue weighted by Gasteiger charge is 2.18. The summed E-state index contributed by atoms with van der Waals surface area (Å²) < 4.78 is 12.6. The maximum Gasteiger partial charge on any atom is 0.227 e. The number of oxazole rings is 1. The predicted molar refractivity (Wildman–Crippen MR) is 184 cm³/mol. The molecule has 0 amide bonds. The van der Waals surface area contributed by atoms with Gasteiger partial charge in [0, 0.05) is 44.9 Å². The van der Waals surface area contributed by atoms with Crippen molar-refractivity contribution in [3.05, 3.63) is 158 Å². The van der Waals surface area contributed by atoms with E-state index in [2.05, 4.69) is 114 Å². The van der Waals surface area contributed by atoms with Gasteiger partial charge in [0.1, 0.15) is 16.7 Å². The number of fused-ring (bicyclic) bond motifs is 6. The average molecular weight is 579 g/mol. The number of rotatable bonds is 5. The molecule has 0 fully saturated rings. The standard InChI is InChI=1S/C41H26N2O2/c1-3-11-28(12-4-1)41-42-37-26-36(32-15-7-8-17-35(32)40(37)45-41)27-19-21-30(22-20-27)43(29-13-5-2-6-14-29)31-23-24-34-33-16-9-10-18-38(33)44-39(34)25-31/h1-26H. The zero-order valence-corrected chi connectivity index (χ0v) is 24.2. The highest BCUT2D eigenvalue weighted by molar-refractivity contribution is 6.11. The number of furan rings is 1. The Kier molecular flexibility index (Phi) is 5.78. The molecule has 0 radical (unpaired) electrons. The van der Waals surface area contributed by atoms with E-state index < -0.39 is 0 Å². The minimum Gasteiger partial charge on any atom is -0.456 e. The Morgan fingerprint density at radius 1 is 0.422 bits per heavy atom. The number of nitrogens with zero attached hydrogens (tertiary/aromatic N) is 2. The summed E-state index contributed by atoms with van der Waals surface area (Å²) in [5.41, 5.74) is 9.77. The van der Waals surface area contributed by atoms with Gasteiger partial charge in [0.25, 0.3) is 0 Å². The zero-order valence-electron chi connectivity index (χ0n) is 24.2. The van der Waals surface area contributed by atoms with Crippen molar-refractivity contribution in [2.45, 2.75) is 0 Å². The number of para-hydroxylation sites is 2. The third-order valence-corrected chi connectivity index (χ3v) is 8.49. The Bertz CT molecular complexity index is 2480. The van der Waals surface area contributed by atoms with Gasteiger partial charge in [-0.15, -0.1) is 0 Å². The molecule has 0 atom stereocenters. The van der Waals surface area contributed by atoms with Crippen LogP contribution < -0.4 is 4.90 Å². The van der Waals surface area contributed by atoms with Gasteiger partial charge in [-0.3, -0.25) is 0 Å². The predicted octanol–water partition coefficient (Wildman–Crippen LogP) is 11.7. The van der Waals surface area contributed by atoms with Crippen molar-refractivity contribution in [2.75, 3.05) is 4.90 Å². The first-order valence-electron chi connectivity index (χ1n) is 15.0. The lowest BCUT2D eigenvalue weighted by atomic mass is 9.97. The quantitative estimate of drug-likeness (QED) is 0.204. The van der Waals surface area contributed by atoms with Crippen LogP contribution in [0.5, 0.6) is 0 Å². The van der Waals surface area contributed by atoms with Crippen molar-refractivity contribution >= 4 is 60.9 Å². The fraction of sp³-hybridized carbons (Fsp3) is 0. The number of hydrogen-bond donors (Lipinski definition) is 0. The molecule has 9 aromatic rings. The highest BCUT2D eigenvalue weighted by atomic mass is 16.3. The Balaban J connectivity index is 1.16. The van der Waals surface area contributed by atoms with Gasteiger partial charge >= 0.3 is 0 Å². The molecule has 7 aromatic carbocycles. The van der Waals surface area contributed by atoms with E-state index in [-0.39, 0.29) is 0 Å². The highest BCUT2D eigenvalue weighted by Crippen LogP contribution is 2.41. The number of benzene rings is 7. The molecule has 212 valence electrons. The monoisotopic (exact) mass is 578 g/mol. The van der Waals surface area contributed by atoms with E-state index in [0.717, 1.165) is 77.6 Å². The Hall–Kier alpha value is -6.13. The third kappa shape index (κ3) is 4.27. The molecule has 0 spiro atoms. The molecule has 45 heavy (non-hydrogen) atoms. The molecule has 0 aliphatic heterocycles. The lowest BCUT2D eigenvalue weighted by Crippen LogP contribution is -2.09. The van der Waals surface area contributed by atoms with Gasteiger partial charge in [0.05, 0.1) is 0 Å². The molecule has 0 aliphatic rings. The van der Waals surface area contributed by atoms with Crippen LogP contribution >= 0.6 is 0 Å². The average Bonchev–Trinajstić information content (AvgIpc) is 3.71. The lowest BCUT2D eigenvalue weighted by molar-refractivity contribution is 0.623. The largest absolute Gasteiger partial charge is 0.456 e. The van der Waals surface area contributed by atoms with Crippen LogP contribution in [0, 0.1) is 0 Å². The van der Waals surface area contributed by atoms with Crippen molar-refractivity contribution in [3.8, 4) is 22.6 Å². The molecule has 4 nitrogen and oxygen atoms in total. The van der Waals surface area contributed by atoms with Crippen LogP contribution in [0.25, 0.3) is 66.4 Å². The smallest absolute Gasteiger partial charge is 0.227 e. The van der Waals surface area contributed by atoms with E-state index in [1.54, 1.807) is 0 Å². The third-order valence-electron chi connectivity index (χ3n) is 8.49. The first-order chi connectivity index (χ1) is 22.3. The first-order valence-corrected chi connectivity index (χ1v) is 15.0. The first kappa shape index (κ1) is 25.4. The number of aromatic nitrogens is 1. The minimum absolute atomic E-state index is 0.628. The van der Waals surface area contributed by atoms with Crippen molar-refractivity contribution in [2.24, 2.45) is 0 Å². The van der Waals surface area contributed by atoms with Gasteiger partial charge in [0.15, 0.2) is 5.58 Å². The SMILES string of the molecule is c1ccc(-c2nc3cc(-c4ccc(N(c5ccccc5)c5ccc6c(c5)oc5ccccc56)cc4)c4ccccc4c3o2)cc1. The van der Waals surface area contributed by atoms with Gasteiger partial charge in [-0.1, -0.05) is 91.0 Å². The molecular formula is C41H26N2O2. The molecule has 9 rings (SSSR count). The Morgan fingerprint density at radius 3 is 1.84 bits per heavy atom. The van der Waals surface area contributed by atoms with Gasteiger partial charge in [-0.2, -0.15) is 0 Å². The molecule has 0 saturated carbocycles. The van der Waals surface area contributed by atoms with Gasteiger partial charge in [-0.25, -0.2) is 4.98 Å². The summed E-state index contributed by atoms with van der Waals surface area (Å²) in [6, 6.07) is 54.4. The fourth-order valence-electron chi connectivity index (χ4n) is 6.36. The van der Waals surface area contributed by atoms with Gasteiger partial charge in [0.2, 0.25) is 5.89 Å². The van der Waals surface area contributed by atoms with Crippen LogP contribution in [0.3, 0.4) is 0 Å². The summed E-state index contributed by atoms with van der Waals surface area (Å²) in [5, 5.41) is 4.42. The second kappa shape index (κ2) is 10.2. The summed E-state index contributed by atoms with van der Waals surface area (Å²) in [6.07, 6.45) is 0. The lowest BCUT2D eigenvalue weighted by Gasteiger charge is -2.25. The maximum atomic E-state index is 6.33. The molecule has 2 heterocycles.